The quantitative estimate of drug-likeness (QED) is 0.694. The molecule has 0 bridgehead atoms. The monoisotopic (exact) mass is 218 g/mol. The maximum absolute atomic E-state index is 2.35. The molecular weight excluding hydrogens is 200 g/mol. The van der Waals surface area contributed by atoms with Gasteiger partial charge in [0, 0.05) is 9.58 Å². The number of hydrogen-bond acceptors (Lipinski definition) is 1. The van der Waals surface area contributed by atoms with Crippen molar-refractivity contribution < 1.29 is 0 Å². The molecule has 0 unspecified atom stereocenters. The van der Waals surface area contributed by atoms with E-state index in [4.69, 9.17) is 0 Å². The van der Waals surface area contributed by atoms with Gasteiger partial charge in [0.2, 0.25) is 0 Å². The predicted octanol–water partition coefficient (Wildman–Crippen LogP) is 4.80. The van der Waals surface area contributed by atoms with Crippen molar-refractivity contribution in [2.75, 3.05) is 0 Å². The van der Waals surface area contributed by atoms with E-state index in [0.29, 0.717) is 0 Å². The normalized spacial score (nSPS) is 11.5. The van der Waals surface area contributed by atoms with Gasteiger partial charge < -0.3 is 0 Å². The molecule has 15 heavy (non-hydrogen) atoms. The summed E-state index contributed by atoms with van der Waals surface area (Å²) in [5, 5.41) is 1.42. The molecule has 1 aromatic carbocycles. The van der Waals surface area contributed by atoms with Crippen molar-refractivity contribution in [3.05, 3.63) is 34.7 Å². The van der Waals surface area contributed by atoms with Crippen LogP contribution in [0.2, 0.25) is 0 Å². The molecule has 1 aromatic heterocycles. The molecule has 80 valence electrons. The molecule has 0 fully saturated rings. The van der Waals surface area contributed by atoms with Crippen LogP contribution in [0.4, 0.5) is 0 Å². The van der Waals surface area contributed by atoms with Crippen molar-refractivity contribution >= 4 is 21.4 Å². The van der Waals surface area contributed by atoms with Crippen molar-refractivity contribution in [2.24, 2.45) is 5.92 Å². The van der Waals surface area contributed by atoms with Crippen LogP contribution >= 0.6 is 11.3 Å². The zero-order valence-electron chi connectivity index (χ0n) is 9.71. The second-order valence-corrected chi connectivity index (χ2v) is 5.95. The first-order chi connectivity index (χ1) is 7.15. The van der Waals surface area contributed by atoms with Crippen LogP contribution in [-0.4, -0.2) is 0 Å². The molecule has 0 spiro atoms. The minimum Gasteiger partial charge on any atom is -0.141 e. The molecule has 0 saturated heterocycles. The van der Waals surface area contributed by atoms with E-state index in [1.54, 1.807) is 0 Å². The van der Waals surface area contributed by atoms with Gasteiger partial charge in [-0.3, -0.25) is 0 Å². The summed E-state index contributed by atoms with van der Waals surface area (Å²) in [5.41, 5.74) is 1.48. The summed E-state index contributed by atoms with van der Waals surface area (Å²) in [6.45, 7) is 6.75. The molecule has 2 aromatic rings. The summed E-state index contributed by atoms with van der Waals surface area (Å²) in [6, 6.07) is 9.18. The third-order valence-electron chi connectivity index (χ3n) is 2.71. The summed E-state index contributed by atoms with van der Waals surface area (Å²) >= 11 is 1.89. The molecule has 1 heteroatoms. The van der Waals surface area contributed by atoms with Crippen LogP contribution < -0.4 is 0 Å². The zero-order valence-corrected chi connectivity index (χ0v) is 10.5. The Labute approximate surface area is 95.9 Å². The molecular formula is C14H18S. The maximum atomic E-state index is 2.35. The molecule has 0 radical (unpaired) electrons. The first-order valence-corrected chi connectivity index (χ1v) is 6.46. The zero-order chi connectivity index (χ0) is 10.8. The van der Waals surface area contributed by atoms with E-state index in [9.17, 15) is 0 Å². The Balaban J connectivity index is 2.22. The number of hydrogen-bond donors (Lipinski definition) is 0. The van der Waals surface area contributed by atoms with Gasteiger partial charge in [0.25, 0.3) is 0 Å². The van der Waals surface area contributed by atoms with Crippen molar-refractivity contribution in [1.29, 1.82) is 0 Å². The van der Waals surface area contributed by atoms with Crippen LogP contribution in [-0.2, 0) is 6.42 Å². The molecule has 2 rings (SSSR count). The lowest BCUT2D eigenvalue weighted by molar-refractivity contribution is 0.587. The van der Waals surface area contributed by atoms with E-state index in [1.165, 1.54) is 33.4 Å². The highest BCUT2D eigenvalue weighted by atomic mass is 32.1. The van der Waals surface area contributed by atoms with Gasteiger partial charge in [-0.15, -0.1) is 11.3 Å². The molecule has 0 nitrogen and oxygen atoms in total. The van der Waals surface area contributed by atoms with Crippen molar-refractivity contribution in [3.63, 3.8) is 0 Å². The van der Waals surface area contributed by atoms with Gasteiger partial charge >= 0.3 is 0 Å². The van der Waals surface area contributed by atoms with Gasteiger partial charge in [-0.25, -0.2) is 0 Å². The van der Waals surface area contributed by atoms with Crippen LogP contribution in [0, 0.1) is 12.8 Å². The first-order valence-electron chi connectivity index (χ1n) is 5.64. The van der Waals surface area contributed by atoms with Crippen LogP contribution in [0.15, 0.2) is 24.3 Å². The minimum atomic E-state index is 0.796. The Bertz CT molecular complexity index is 451. The highest BCUT2D eigenvalue weighted by Gasteiger charge is 2.01. The van der Waals surface area contributed by atoms with Gasteiger partial charge in [-0.2, -0.15) is 0 Å². The number of thiophene rings is 1. The predicted molar refractivity (Wildman–Crippen MR) is 69.7 cm³/mol. The van der Waals surface area contributed by atoms with Gasteiger partial charge in [0.1, 0.15) is 0 Å². The lowest BCUT2D eigenvalue weighted by Crippen LogP contribution is -1.91. The van der Waals surface area contributed by atoms with E-state index < -0.39 is 0 Å². The summed E-state index contributed by atoms with van der Waals surface area (Å²) in [7, 11) is 0. The number of benzene rings is 1. The Morgan fingerprint density at radius 3 is 2.73 bits per heavy atom. The van der Waals surface area contributed by atoms with Gasteiger partial charge in [-0.1, -0.05) is 26.0 Å². The Kier molecular flexibility index (Phi) is 3.11. The topological polar surface area (TPSA) is 0 Å². The number of aryl methyl sites for hydroxylation is 2. The molecule has 0 saturated carbocycles. The molecule has 0 N–H and O–H groups in total. The SMILES string of the molecule is Cc1cc2cc(CCC(C)C)ccc2s1. The van der Waals surface area contributed by atoms with E-state index in [0.717, 1.165) is 5.92 Å². The fourth-order valence-electron chi connectivity index (χ4n) is 1.84. The van der Waals surface area contributed by atoms with Crippen molar-refractivity contribution in [3.8, 4) is 0 Å². The van der Waals surface area contributed by atoms with E-state index in [-0.39, 0.29) is 0 Å². The number of rotatable bonds is 3. The summed E-state index contributed by atoms with van der Waals surface area (Å²) in [6.07, 6.45) is 2.50. The fraction of sp³-hybridized carbons (Fsp3) is 0.429. The van der Waals surface area contributed by atoms with E-state index >= 15 is 0 Å². The van der Waals surface area contributed by atoms with E-state index in [2.05, 4.69) is 45.0 Å². The standard InChI is InChI=1S/C14H18S/c1-10(2)4-5-12-6-7-14-13(9-12)8-11(3)15-14/h6-10H,4-5H2,1-3H3. The molecule has 0 aliphatic heterocycles. The largest absolute Gasteiger partial charge is 0.141 e. The molecule has 0 aliphatic rings. The number of fused-ring (bicyclic) bond motifs is 1. The maximum Gasteiger partial charge on any atom is 0.0345 e. The Hall–Kier alpha value is -0.820. The smallest absolute Gasteiger partial charge is 0.0345 e. The average molecular weight is 218 g/mol. The second kappa shape index (κ2) is 4.36. The summed E-state index contributed by atoms with van der Waals surface area (Å²) in [5.74, 6) is 0.796. The molecule has 0 amide bonds. The fourth-order valence-corrected chi connectivity index (χ4v) is 2.74. The van der Waals surface area contributed by atoms with Crippen LogP contribution in [0.5, 0.6) is 0 Å². The van der Waals surface area contributed by atoms with Crippen LogP contribution in [0.3, 0.4) is 0 Å². The van der Waals surface area contributed by atoms with Crippen molar-refractivity contribution in [2.45, 2.75) is 33.6 Å². The Morgan fingerprint density at radius 2 is 2.00 bits per heavy atom. The molecule has 0 aliphatic carbocycles. The molecule has 0 atom stereocenters. The van der Waals surface area contributed by atoms with Crippen LogP contribution in [0.25, 0.3) is 10.1 Å². The van der Waals surface area contributed by atoms with Crippen LogP contribution in [0.1, 0.15) is 30.7 Å². The highest BCUT2D eigenvalue weighted by molar-refractivity contribution is 7.19. The highest BCUT2D eigenvalue weighted by Crippen LogP contribution is 2.26. The van der Waals surface area contributed by atoms with Crippen molar-refractivity contribution in [1.82, 2.24) is 0 Å². The minimum absolute atomic E-state index is 0.796. The van der Waals surface area contributed by atoms with Gasteiger partial charge in [0.05, 0.1) is 0 Å². The lowest BCUT2D eigenvalue weighted by Gasteiger charge is -2.04. The average Bonchev–Trinajstić information content (AvgIpc) is 2.53. The third kappa shape index (κ3) is 2.60. The summed E-state index contributed by atoms with van der Waals surface area (Å²) in [4.78, 5) is 1.41. The lowest BCUT2D eigenvalue weighted by atomic mass is 10.0. The Morgan fingerprint density at radius 1 is 1.20 bits per heavy atom. The molecule has 1 heterocycles. The third-order valence-corrected chi connectivity index (χ3v) is 3.75. The van der Waals surface area contributed by atoms with E-state index in [1.807, 2.05) is 11.3 Å². The van der Waals surface area contributed by atoms with Gasteiger partial charge in [-0.05, 0) is 48.8 Å². The summed E-state index contributed by atoms with van der Waals surface area (Å²) < 4.78 is 1.42. The van der Waals surface area contributed by atoms with Gasteiger partial charge in [0.15, 0.2) is 0 Å². The second-order valence-electron chi connectivity index (χ2n) is 4.66. The first kappa shape index (κ1) is 10.7.